The second-order valence-corrected chi connectivity index (χ2v) is 9.41. The molecule has 1 aromatic carbocycles. The van der Waals surface area contributed by atoms with E-state index in [1.807, 2.05) is 9.80 Å². The second-order valence-electron chi connectivity index (χ2n) is 8.97. The van der Waals surface area contributed by atoms with Gasteiger partial charge in [0.2, 0.25) is 11.8 Å². The van der Waals surface area contributed by atoms with Crippen molar-refractivity contribution >= 4 is 29.3 Å². The maximum Gasteiger partial charge on any atom is 0.260 e. The molecule has 3 amide bonds. The Hall–Kier alpha value is -2.28. The van der Waals surface area contributed by atoms with E-state index in [2.05, 4.69) is 0 Å². The van der Waals surface area contributed by atoms with Gasteiger partial charge in [-0.2, -0.15) is 0 Å². The largest absolute Gasteiger partial charge is 0.484 e. The molecule has 1 saturated carbocycles. The van der Waals surface area contributed by atoms with Gasteiger partial charge in [-0.3, -0.25) is 14.4 Å². The fourth-order valence-electron chi connectivity index (χ4n) is 5.03. The summed E-state index contributed by atoms with van der Waals surface area (Å²) in [4.78, 5) is 44.1. The van der Waals surface area contributed by atoms with E-state index >= 15 is 0 Å². The summed E-state index contributed by atoms with van der Waals surface area (Å²) in [5.74, 6) is 0.805. The number of halogens is 1. The SMILES string of the molecule is O=C(COc1ccc(Cl)cc1)N1CCN(C(=O)C2CCCN2C(=O)C2CCCCC2)CC1. The first-order valence-electron chi connectivity index (χ1n) is 11.8. The topological polar surface area (TPSA) is 70.2 Å². The minimum Gasteiger partial charge on any atom is -0.484 e. The van der Waals surface area contributed by atoms with Crippen LogP contribution in [-0.2, 0) is 14.4 Å². The zero-order valence-corrected chi connectivity index (χ0v) is 19.3. The third kappa shape index (κ3) is 5.37. The van der Waals surface area contributed by atoms with Gasteiger partial charge in [0.05, 0.1) is 0 Å². The molecule has 8 heteroatoms. The van der Waals surface area contributed by atoms with Gasteiger partial charge in [0.25, 0.3) is 5.91 Å². The number of nitrogens with zero attached hydrogens (tertiary/aromatic N) is 3. The van der Waals surface area contributed by atoms with Crippen LogP contribution in [0.4, 0.5) is 0 Å². The summed E-state index contributed by atoms with van der Waals surface area (Å²) in [6, 6.07) is 6.57. The van der Waals surface area contributed by atoms with E-state index in [1.54, 1.807) is 29.2 Å². The normalized spacial score (nSPS) is 22.2. The Morgan fingerprint density at radius 2 is 1.47 bits per heavy atom. The molecule has 1 atom stereocenters. The van der Waals surface area contributed by atoms with Crippen molar-refractivity contribution in [2.24, 2.45) is 5.92 Å². The van der Waals surface area contributed by atoms with Crippen molar-refractivity contribution in [1.82, 2.24) is 14.7 Å². The van der Waals surface area contributed by atoms with Gasteiger partial charge >= 0.3 is 0 Å². The average Bonchev–Trinajstić information content (AvgIpc) is 3.33. The lowest BCUT2D eigenvalue weighted by Gasteiger charge is -2.38. The molecule has 0 aromatic heterocycles. The lowest BCUT2D eigenvalue weighted by molar-refractivity contribution is -0.149. The molecule has 0 N–H and O–H groups in total. The molecule has 2 saturated heterocycles. The molecular weight excluding hydrogens is 430 g/mol. The van der Waals surface area contributed by atoms with Crippen LogP contribution < -0.4 is 4.74 Å². The smallest absolute Gasteiger partial charge is 0.260 e. The van der Waals surface area contributed by atoms with Crippen LogP contribution in [0.3, 0.4) is 0 Å². The first kappa shape index (κ1) is 22.9. The van der Waals surface area contributed by atoms with Crippen LogP contribution in [0.25, 0.3) is 0 Å². The molecule has 0 bridgehead atoms. The molecule has 32 heavy (non-hydrogen) atoms. The van der Waals surface area contributed by atoms with Crippen LogP contribution in [0.1, 0.15) is 44.9 Å². The van der Waals surface area contributed by atoms with Crippen LogP contribution in [0, 0.1) is 5.92 Å². The number of carbonyl (C=O) groups is 3. The molecule has 3 fully saturated rings. The first-order valence-corrected chi connectivity index (χ1v) is 12.2. The third-order valence-corrected chi connectivity index (χ3v) is 7.15. The van der Waals surface area contributed by atoms with Crippen molar-refractivity contribution in [2.75, 3.05) is 39.3 Å². The Labute approximate surface area is 194 Å². The molecule has 1 aliphatic carbocycles. The van der Waals surface area contributed by atoms with E-state index in [1.165, 1.54) is 6.42 Å². The van der Waals surface area contributed by atoms with E-state index in [9.17, 15) is 14.4 Å². The number of piperazine rings is 1. The number of hydrogen-bond donors (Lipinski definition) is 0. The minimum atomic E-state index is -0.333. The highest BCUT2D eigenvalue weighted by atomic mass is 35.5. The van der Waals surface area contributed by atoms with Gasteiger partial charge in [-0.25, -0.2) is 0 Å². The highest BCUT2D eigenvalue weighted by Gasteiger charge is 2.39. The van der Waals surface area contributed by atoms with E-state index in [0.717, 1.165) is 38.5 Å². The lowest BCUT2D eigenvalue weighted by atomic mass is 9.88. The highest BCUT2D eigenvalue weighted by molar-refractivity contribution is 6.30. The summed E-state index contributed by atoms with van der Waals surface area (Å²) < 4.78 is 5.56. The van der Waals surface area contributed by atoms with Crippen LogP contribution >= 0.6 is 11.6 Å². The molecule has 1 aromatic rings. The minimum absolute atomic E-state index is 0.0381. The predicted molar refractivity (Wildman–Crippen MR) is 121 cm³/mol. The summed E-state index contributed by atoms with van der Waals surface area (Å²) in [6.07, 6.45) is 6.96. The van der Waals surface area contributed by atoms with Crippen molar-refractivity contribution in [1.29, 1.82) is 0 Å². The van der Waals surface area contributed by atoms with Gasteiger partial charge in [-0.05, 0) is 49.9 Å². The van der Waals surface area contributed by atoms with Crippen molar-refractivity contribution < 1.29 is 19.1 Å². The predicted octanol–water partition coefficient (Wildman–Crippen LogP) is 2.96. The monoisotopic (exact) mass is 461 g/mol. The van der Waals surface area contributed by atoms with E-state index in [4.69, 9.17) is 16.3 Å². The number of hydrogen-bond acceptors (Lipinski definition) is 4. The van der Waals surface area contributed by atoms with Gasteiger partial charge in [-0.1, -0.05) is 30.9 Å². The number of ether oxygens (including phenoxy) is 1. The fourth-order valence-corrected chi connectivity index (χ4v) is 5.15. The fraction of sp³-hybridized carbons (Fsp3) is 0.625. The van der Waals surface area contributed by atoms with Gasteiger partial charge in [0, 0.05) is 43.7 Å². The van der Waals surface area contributed by atoms with Crippen LogP contribution in [0.5, 0.6) is 5.75 Å². The number of benzene rings is 1. The zero-order chi connectivity index (χ0) is 22.5. The quantitative estimate of drug-likeness (QED) is 0.676. The van der Waals surface area contributed by atoms with Gasteiger partial charge in [-0.15, -0.1) is 0 Å². The molecule has 4 rings (SSSR count). The van der Waals surface area contributed by atoms with Gasteiger partial charge in [0.15, 0.2) is 6.61 Å². The Balaban J connectivity index is 1.25. The molecule has 2 aliphatic heterocycles. The molecule has 0 radical (unpaired) electrons. The van der Waals surface area contributed by atoms with Crippen LogP contribution in [-0.4, -0.2) is 77.8 Å². The summed E-state index contributed by atoms with van der Waals surface area (Å²) in [5.41, 5.74) is 0. The number of rotatable bonds is 5. The Morgan fingerprint density at radius 1 is 0.812 bits per heavy atom. The summed E-state index contributed by atoms with van der Waals surface area (Å²) >= 11 is 5.86. The summed E-state index contributed by atoms with van der Waals surface area (Å²) in [6.45, 7) is 2.60. The van der Waals surface area contributed by atoms with E-state index in [-0.39, 0.29) is 36.3 Å². The number of likely N-dealkylation sites (tertiary alicyclic amines) is 1. The molecule has 2 heterocycles. The van der Waals surface area contributed by atoms with E-state index in [0.29, 0.717) is 43.5 Å². The lowest BCUT2D eigenvalue weighted by Crippen LogP contribution is -2.56. The first-order chi connectivity index (χ1) is 15.5. The van der Waals surface area contributed by atoms with Crippen LogP contribution in [0.15, 0.2) is 24.3 Å². The van der Waals surface area contributed by atoms with Crippen molar-refractivity contribution in [3.63, 3.8) is 0 Å². The van der Waals surface area contributed by atoms with Gasteiger partial charge < -0.3 is 19.4 Å². The molecular formula is C24H32ClN3O4. The Bertz CT molecular complexity index is 817. The molecule has 3 aliphatic rings. The summed E-state index contributed by atoms with van der Waals surface area (Å²) in [7, 11) is 0. The van der Waals surface area contributed by atoms with Gasteiger partial charge in [0.1, 0.15) is 11.8 Å². The second kappa shape index (κ2) is 10.6. The summed E-state index contributed by atoms with van der Waals surface area (Å²) in [5, 5.41) is 0.616. The van der Waals surface area contributed by atoms with Crippen molar-refractivity contribution in [2.45, 2.75) is 51.0 Å². The average molecular weight is 462 g/mol. The molecule has 174 valence electrons. The number of carbonyl (C=O) groups excluding carboxylic acids is 3. The maximum atomic E-state index is 13.2. The highest BCUT2D eigenvalue weighted by Crippen LogP contribution is 2.29. The van der Waals surface area contributed by atoms with E-state index < -0.39 is 0 Å². The zero-order valence-electron chi connectivity index (χ0n) is 18.5. The Morgan fingerprint density at radius 3 is 2.16 bits per heavy atom. The van der Waals surface area contributed by atoms with Crippen LogP contribution in [0.2, 0.25) is 5.02 Å². The molecule has 0 spiro atoms. The standard InChI is InChI=1S/C24H32ClN3O4/c25-19-8-10-20(11-9-19)32-17-22(29)26-13-15-27(16-14-26)24(31)21-7-4-12-28(21)23(30)18-5-2-1-3-6-18/h8-11,18,21H,1-7,12-17H2. The molecule has 1 unspecified atom stereocenters. The maximum absolute atomic E-state index is 13.2. The van der Waals surface area contributed by atoms with Crippen molar-refractivity contribution in [3.8, 4) is 5.75 Å². The molecule has 7 nitrogen and oxygen atoms in total. The third-order valence-electron chi connectivity index (χ3n) is 6.90. The Kier molecular flexibility index (Phi) is 7.55. The number of amides is 3. The van der Waals surface area contributed by atoms with Crippen molar-refractivity contribution in [3.05, 3.63) is 29.3 Å².